The second-order valence-corrected chi connectivity index (χ2v) is 9.47. The molecule has 1 N–H and O–H groups in total. The molecular formula is C22H26F4N4O. The zero-order valence-electron chi connectivity index (χ0n) is 17.7. The molecule has 2 aliphatic heterocycles. The number of aromatic nitrogens is 2. The van der Waals surface area contributed by atoms with E-state index in [9.17, 15) is 22.4 Å². The summed E-state index contributed by atoms with van der Waals surface area (Å²) in [5, 5.41) is 7.52. The van der Waals surface area contributed by atoms with Gasteiger partial charge in [0.25, 0.3) is 5.91 Å². The van der Waals surface area contributed by atoms with Crippen molar-refractivity contribution in [3.63, 3.8) is 0 Å². The number of rotatable bonds is 2. The lowest BCUT2D eigenvalue weighted by molar-refractivity contribution is -0.175. The van der Waals surface area contributed by atoms with E-state index in [2.05, 4.69) is 10.4 Å². The van der Waals surface area contributed by atoms with Crippen molar-refractivity contribution >= 4 is 11.7 Å². The second kappa shape index (κ2) is 7.53. The molecule has 1 fully saturated rings. The second-order valence-electron chi connectivity index (χ2n) is 9.47. The lowest BCUT2D eigenvalue weighted by atomic mass is 9.82. The summed E-state index contributed by atoms with van der Waals surface area (Å²) in [6, 6.07) is 5.41. The first-order valence-corrected chi connectivity index (χ1v) is 10.4. The molecule has 5 nitrogen and oxygen atoms in total. The number of alkyl halides is 3. The van der Waals surface area contributed by atoms with Crippen LogP contribution < -0.4 is 5.32 Å². The van der Waals surface area contributed by atoms with Gasteiger partial charge in [-0.1, -0.05) is 32.9 Å². The van der Waals surface area contributed by atoms with Crippen molar-refractivity contribution < 1.29 is 22.4 Å². The minimum atomic E-state index is -4.41. The van der Waals surface area contributed by atoms with Gasteiger partial charge >= 0.3 is 6.18 Å². The topological polar surface area (TPSA) is 50.2 Å². The van der Waals surface area contributed by atoms with Gasteiger partial charge in [-0.15, -0.1) is 0 Å². The number of nitrogens with zero attached hydrogens (tertiary/aromatic N) is 3. The van der Waals surface area contributed by atoms with Crippen LogP contribution in [0.15, 0.2) is 30.3 Å². The van der Waals surface area contributed by atoms with E-state index in [1.54, 1.807) is 12.1 Å². The van der Waals surface area contributed by atoms with Crippen LogP contribution in [-0.2, 0) is 0 Å². The first kappa shape index (κ1) is 21.6. The summed E-state index contributed by atoms with van der Waals surface area (Å²) in [7, 11) is 0. The highest BCUT2D eigenvalue weighted by Crippen LogP contribution is 2.44. The highest BCUT2D eigenvalue weighted by atomic mass is 19.4. The molecule has 2 aromatic rings. The van der Waals surface area contributed by atoms with Crippen LogP contribution in [0.5, 0.6) is 0 Å². The van der Waals surface area contributed by atoms with Crippen LogP contribution in [0, 0.1) is 11.2 Å². The maximum Gasteiger partial charge on any atom is 0.410 e. The number of fused-ring (bicyclic) bond motifs is 1. The molecule has 0 spiro atoms. The van der Waals surface area contributed by atoms with E-state index in [0.717, 1.165) is 4.68 Å². The van der Waals surface area contributed by atoms with Gasteiger partial charge in [0.1, 0.15) is 11.6 Å². The highest BCUT2D eigenvalue weighted by Gasteiger charge is 2.48. The predicted molar refractivity (Wildman–Crippen MR) is 108 cm³/mol. The number of benzene rings is 1. The fraction of sp³-hybridized carbons (Fsp3) is 0.545. The van der Waals surface area contributed by atoms with Gasteiger partial charge in [-0.3, -0.25) is 4.79 Å². The Morgan fingerprint density at radius 1 is 1.19 bits per heavy atom. The number of hydrogen-bond donors (Lipinski definition) is 1. The van der Waals surface area contributed by atoms with Crippen molar-refractivity contribution in [1.82, 2.24) is 14.7 Å². The third-order valence-corrected chi connectivity index (χ3v) is 6.25. The molecule has 168 valence electrons. The Morgan fingerprint density at radius 2 is 1.90 bits per heavy atom. The molecule has 1 aromatic heterocycles. The zero-order chi connectivity index (χ0) is 22.6. The molecule has 3 atom stereocenters. The summed E-state index contributed by atoms with van der Waals surface area (Å²) in [6.45, 7) is 6.43. The molecule has 0 bridgehead atoms. The number of nitrogens with one attached hydrogen (secondary N) is 1. The summed E-state index contributed by atoms with van der Waals surface area (Å²) in [5.41, 5.74) is 0.171. The van der Waals surface area contributed by atoms with Crippen molar-refractivity contribution in [3.05, 3.63) is 47.4 Å². The number of carbonyl (C=O) groups is 1. The smallest absolute Gasteiger partial charge is 0.367 e. The van der Waals surface area contributed by atoms with Crippen LogP contribution in [0.25, 0.3) is 0 Å². The first-order chi connectivity index (χ1) is 14.4. The van der Waals surface area contributed by atoms with Crippen LogP contribution in [0.3, 0.4) is 0 Å². The summed E-state index contributed by atoms with van der Waals surface area (Å²) in [6.07, 6.45) is -3.94. The largest absolute Gasteiger partial charge is 0.410 e. The van der Waals surface area contributed by atoms with Crippen molar-refractivity contribution in [3.8, 4) is 0 Å². The van der Waals surface area contributed by atoms with E-state index < -0.39 is 23.9 Å². The molecule has 31 heavy (non-hydrogen) atoms. The molecule has 0 saturated carbocycles. The molecule has 1 saturated heterocycles. The van der Waals surface area contributed by atoms with Gasteiger partial charge < -0.3 is 10.2 Å². The van der Waals surface area contributed by atoms with Gasteiger partial charge in [0.15, 0.2) is 6.04 Å². The van der Waals surface area contributed by atoms with Crippen LogP contribution in [0.2, 0.25) is 0 Å². The average molecular weight is 438 g/mol. The van der Waals surface area contributed by atoms with E-state index in [1.165, 1.54) is 23.1 Å². The molecule has 0 aliphatic carbocycles. The molecular weight excluding hydrogens is 412 g/mol. The summed E-state index contributed by atoms with van der Waals surface area (Å²) in [5.74, 6) is -0.845. The van der Waals surface area contributed by atoms with Crippen molar-refractivity contribution in [2.75, 3.05) is 18.4 Å². The van der Waals surface area contributed by atoms with E-state index in [4.69, 9.17) is 0 Å². The molecule has 3 heterocycles. The SMILES string of the molecule is CC(C)(C)[C@@H]1C[C@H](C(F)(F)F)n2nc([C@H]3CCN(C(=O)c4ccccc4F)C3)cc2N1. The van der Waals surface area contributed by atoms with E-state index >= 15 is 0 Å². The Kier molecular flexibility index (Phi) is 5.26. The van der Waals surface area contributed by atoms with Crippen LogP contribution in [0.4, 0.5) is 23.4 Å². The maximum absolute atomic E-state index is 14.0. The number of amides is 1. The lowest BCUT2D eigenvalue weighted by Gasteiger charge is -2.39. The first-order valence-electron chi connectivity index (χ1n) is 10.4. The normalized spacial score (nSPS) is 24.1. The monoisotopic (exact) mass is 438 g/mol. The number of anilines is 1. The quantitative estimate of drug-likeness (QED) is 0.673. The van der Waals surface area contributed by atoms with Gasteiger partial charge in [-0.2, -0.15) is 18.3 Å². The molecule has 0 radical (unpaired) electrons. The molecule has 1 aromatic carbocycles. The van der Waals surface area contributed by atoms with Gasteiger partial charge in [0.2, 0.25) is 0 Å². The Hall–Kier alpha value is -2.58. The third-order valence-electron chi connectivity index (χ3n) is 6.25. The Balaban J connectivity index is 1.57. The van der Waals surface area contributed by atoms with Crippen molar-refractivity contribution in [1.29, 1.82) is 0 Å². The fourth-order valence-corrected chi connectivity index (χ4v) is 4.35. The minimum absolute atomic E-state index is 0.000828. The van der Waals surface area contributed by atoms with E-state index in [0.29, 0.717) is 31.0 Å². The van der Waals surface area contributed by atoms with Gasteiger partial charge in [-0.25, -0.2) is 9.07 Å². The van der Waals surface area contributed by atoms with Crippen molar-refractivity contribution in [2.45, 2.75) is 57.8 Å². The van der Waals surface area contributed by atoms with Crippen LogP contribution >= 0.6 is 0 Å². The third kappa shape index (κ3) is 4.14. The summed E-state index contributed by atoms with van der Waals surface area (Å²) >= 11 is 0. The molecule has 0 unspecified atom stereocenters. The highest BCUT2D eigenvalue weighted by molar-refractivity contribution is 5.94. The standard InChI is InChI=1S/C22H26F4N4O/c1-21(2,3)17-11-18(22(24,25)26)30-19(27-17)10-16(28-30)13-8-9-29(12-13)20(31)14-6-4-5-7-15(14)23/h4-7,10,13,17-18,27H,8-9,11-12H2,1-3H3/t13-,17-,18+/m0/s1. The van der Waals surface area contributed by atoms with Crippen molar-refractivity contribution in [2.24, 2.45) is 5.41 Å². The van der Waals surface area contributed by atoms with E-state index in [-0.39, 0.29) is 29.4 Å². The Bertz CT molecular complexity index is 979. The Morgan fingerprint density at radius 3 is 2.55 bits per heavy atom. The number of halogens is 4. The number of likely N-dealkylation sites (tertiary alicyclic amines) is 1. The molecule has 9 heteroatoms. The summed E-state index contributed by atoms with van der Waals surface area (Å²) in [4.78, 5) is 14.2. The fourth-order valence-electron chi connectivity index (χ4n) is 4.35. The maximum atomic E-state index is 14.0. The van der Waals surface area contributed by atoms with E-state index in [1.807, 2.05) is 20.8 Å². The minimum Gasteiger partial charge on any atom is -0.367 e. The predicted octanol–water partition coefficient (Wildman–Crippen LogP) is 4.99. The van der Waals surface area contributed by atoms with Gasteiger partial charge in [0, 0.05) is 31.1 Å². The lowest BCUT2D eigenvalue weighted by Crippen LogP contribution is -2.44. The molecule has 2 aliphatic rings. The molecule has 1 amide bonds. The average Bonchev–Trinajstić information content (AvgIpc) is 3.32. The summed E-state index contributed by atoms with van der Waals surface area (Å²) < 4.78 is 56.4. The number of hydrogen-bond acceptors (Lipinski definition) is 3. The Labute approximate surface area is 178 Å². The van der Waals surface area contributed by atoms with Gasteiger partial charge in [0.05, 0.1) is 11.3 Å². The number of carbonyl (C=O) groups excluding carboxylic acids is 1. The van der Waals surface area contributed by atoms with Crippen LogP contribution in [-0.4, -0.2) is 45.9 Å². The van der Waals surface area contributed by atoms with Gasteiger partial charge in [-0.05, 0) is 30.4 Å². The molecule has 4 rings (SSSR count). The zero-order valence-corrected chi connectivity index (χ0v) is 17.7. The van der Waals surface area contributed by atoms with Crippen LogP contribution in [0.1, 0.15) is 61.6 Å².